The molecule has 1 aliphatic heterocycles. The Morgan fingerprint density at radius 1 is 1.09 bits per heavy atom. The van der Waals surface area contributed by atoms with E-state index in [1.54, 1.807) is 34.5 Å². The molecule has 0 radical (unpaired) electrons. The average Bonchev–Trinajstić information content (AvgIpc) is 3.44. The molecule has 0 unspecified atom stereocenters. The molecule has 10 heteroatoms. The second kappa shape index (κ2) is 8.39. The number of urea groups is 1. The van der Waals surface area contributed by atoms with Crippen molar-refractivity contribution in [2.24, 2.45) is 0 Å². The number of benzene rings is 2. The zero-order chi connectivity index (χ0) is 22.1. The van der Waals surface area contributed by atoms with E-state index < -0.39 is 0 Å². The topological polar surface area (TPSA) is 103 Å². The number of rotatable bonds is 5. The average molecular weight is 449 g/mol. The molecule has 0 atom stereocenters. The standard InChI is InChI=1S/C22H20N6O3S/c1-3-17-13(2)25-21-23-11-24-28(21)20(17)32-16-7-4-14(5-8-16)26-22(29)27-15-6-9-18-19(10-15)31-12-30-18/h4-11H,3,12H2,1-2H3,(H2,26,27,29). The number of aromatic nitrogens is 4. The quantitative estimate of drug-likeness (QED) is 0.433. The van der Waals surface area contributed by atoms with Gasteiger partial charge in [0.25, 0.3) is 5.78 Å². The summed E-state index contributed by atoms with van der Waals surface area (Å²) in [7, 11) is 0. The highest BCUT2D eigenvalue weighted by Crippen LogP contribution is 2.34. The number of fused-ring (bicyclic) bond motifs is 2. The lowest BCUT2D eigenvalue weighted by molar-refractivity contribution is 0.174. The molecule has 0 saturated carbocycles. The Morgan fingerprint density at radius 3 is 2.66 bits per heavy atom. The number of anilines is 2. The Balaban J connectivity index is 1.28. The Bertz CT molecular complexity index is 1310. The van der Waals surface area contributed by atoms with Crippen LogP contribution in [0, 0.1) is 6.92 Å². The molecule has 3 heterocycles. The highest BCUT2D eigenvalue weighted by Gasteiger charge is 2.16. The third-order valence-electron chi connectivity index (χ3n) is 5.00. The molecule has 5 rings (SSSR count). The normalized spacial score (nSPS) is 12.2. The molecule has 2 aromatic heterocycles. The molecule has 0 fully saturated rings. The van der Waals surface area contributed by atoms with Gasteiger partial charge in [-0.1, -0.05) is 18.7 Å². The van der Waals surface area contributed by atoms with E-state index in [1.807, 2.05) is 31.2 Å². The van der Waals surface area contributed by atoms with Crippen LogP contribution in [0.25, 0.3) is 5.78 Å². The van der Waals surface area contributed by atoms with Crippen LogP contribution in [0.5, 0.6) is 11.5 Å². The largest absolute Gasteiger partial charge is 0.454 e. The minimum Gasteiger partial charge on any atom is -0.454 e. The first-order chi connectivity index (χ1) is 15.6. The lowest BCUT2D eigenvalue weighted by Crippen LogP contribution is -2.19. The summed E-state index contributed by atoms with van der Waals surface area (Å²) in [4.78, 5) is 22.1. The summed E-state index contributed by atoms with van der Waals surface area (Å²) in [5.41, 5.74) is 3.39. The number of ether oxygens (including phenoxy) is 2. The number of aryl methyl sites for hydroxylation is 1. The van der Waals surface area contributed by atoms with Crippen LogP contribution in [0.3, 0.4) is 0 Å². The molecule has 162 valence electrons. The number of carbonyl (C=O) groups excluding carboxylic acids is 1. The smallest absolute Gasteiger partial charge is 0.323 e. The van der Waals surface area contributed by atoms with Gasteiger partial charge < -0.3 is 20.1 Å². The van der Waals surface area contributed by atoms with Gasteiger partial charge in [0.1, 0.15) is 11.4 Å². The summed E-state index contributed by atoms with van der Waals surface area (Å²) in [5.74, 6) is 1.87. The Hall–Kier alpha value is -3.79. The maximum Gasteiger partial charge on any atom is 0.323 e. The van der Waals surface area contributed by atoms with E-state index >= 15 is 0 Å². The van der Waals surface area contributed by atoms with E-state index in [1.165, 1.54) is 6.33 Å². The fourth-order valence-electron chi connectivity index (χ4n) is 3.45. The molecular formula is C22H20N6O3S. The first-order valence-electron chi connectivity index (χ1n) is 10.1. The summed E-state index contributed by atoms with van der Waals surface area (Å²) in [6.45, 7) is 4.28. The summed E-state index contributed by atoms with van der Waals surface area (Å²) >= 11 is 1.60. The van der Waals surface area contributed by atoms with Crippen LogP contribution in [0.15, 0.2) is 58.7 Å². The van der Waals surface area contributed by atoms with Crippen LogP contribution in [0.4, 0.5) is 16.2 Å². The maximum atomic E-state index is 12.4. The van der Waals surface area contributed by atoms with Gasteiger partial charge in [-0.25, -0.2) is 9.78 Å². The van der Waals surface area contributed by atoms with Crippen molar-refractivity contribution >= 4 is 34.9 Å². The SMILES string of the molecule is CCc1c(C)nc2ncnn2c1Sc1ccc(NC(=O)Nc2ccc3c(c2)OCO3)cc1. The number of hydrogen-bond acceptors (Lipinski definition) is 7. The van der Waals surface area contributed by atoms with Crippen LogP contribution in [0.2, 0.25) is 0 Å². The number of nitrogens with one attached hydrogen (secondary N) is 2. The van der Waals surface area contributed by atoms with Crippen LogP contribution < -0.4 is 20.1 Å². The van der Waals surface area contributed by atoms with Gasteiger partial charge in [-0.05, 0) is 49.7 Å². The molecule has 0 bridgehead atoms. The van der Waals surface area contributed by atoms with Crippen molar-refractivity contribution in [3.05, 3.63) is 60.0 Å². The van der Waals surface area contributed by atoms with E-state index in [0.717, 1.165) is 27.6 Å². The lowest BCUT2D eigenvalue weighted by atomic mass is 10.2. The predicted molar refractivity (Wildman–Crippen MR) is 121 cm³/mol. The van der Waals surface area contributed by atoms with Crippen molar-refractivity contribution in [2.45, 2.75) is 30.2 Å². The third kappa shape index (κ3) is 3.92. The summed E-state index contributed by atoms with van der Waals surface area (Å²) in [6, 6.07) is 12.6. The molecule has 2 amide bonds. The lowest BCUT2D eigenvalue weighted by Gasteiger charge is -2.12. The molecule has 0 saturated heterocycles. The maximum absolute atomic E-state index is 12.4. The zero-order valence-electron chi connectivity index (χ0n) is 17.5. The van der Waals surface area contributed by atoms with Gasteiger partial charge in [0.2, 0.25) is 6.79 Å². The Labute approximate surface area is 188 Å². The summed E-state index contributed by atoms with van der Waals surface area (Å²) in [5, 5.41) is 11.0. The fraction of sp³-hybridized carbons (Fsp3) is 0.182. The number of nitrogens with zero attached hydrogens (tertiary/aromatic N) is 4. The zero-order valence-corrected chi connectivity index (χ0v) is 18.3. The fourth-order valence-corrected chi connectivity index (χ4v) is 4.58. The van der Waals surface area contributed by atoms with Crippen molar-refractivity contribution in [1.82, 2.24) is 19.6 Å². The molecule has 9 nitrogen and oxygen atoms in total. The van der Waals surface area contributed by atoms with E-state index in [0.29, 0.717) is 28.7 Å². The molecule has 2 N–H and O–H groups in total. The minimum absolute atomic E-state index is 0.191. The molecular weight excluding hydrogens is 428 g/mol. The predicted octanol–water partition coefficient (Wildman–Crippen LogP) is 4.52. The molecule has 0 spiro atoms. The minimum atomic E-state index is -0.341. The molecule has 2 aromatic carbocycles. The van der Waals surface area contributed by atoms with Gasteiger partial charge in [-0.2, -0.15) is 14.6 Å². The van der Waals surface area contributed by atoms with Gasteiger partial charge in [-0.3, -0.25) is 0 Å². The molecule has 0 aliphatic carbocycles. The van der Waals surface area contributed by atoms with Crippen LogP contribution in [-0.2, 0) is 6.42 Å². The third-order valence-corrected chi connectivity index (χ3v) is 6.12. The van der Waals surface area contributed by atoms with E-state index in [2.05, 4.69) is 32.6 Å². The van der Waals surface area contributed by atoms with E-state index in [-0.39, 0.29) is 12.8 Å². The number of amides is 2. The van der Waals surface area contributed by atoms with E-state index in [9.17, 15) is 4.79 Å². The molecule has 1 aliphatic rings. The van der Waals surface area contributed by atoms with Crippen molar-refractivity contribution in [2.75, 3.05) is 17.4 Å². The summed E-state index contributed by atoms with van der Waals surface area (Å²) in [6.07, 6.45) is 2.35. The van der Waals surface area contributed by atoms with Crippen molar-refractivity contribution < 1.29 is 14.3 Å². The molecule has 32 heavy (non-hydrogen) atoms. The van der Waals surface area contributed by atoms with Crippen LogP contribution >= 0.6 is 11.8 Å². The number of carbonyl (C=O) groups is 1. The second-order valence-corrected chi connectivity index (χ2v) is 8.14. The van der Waals surface area contributed by atoms with Gasteiger partial charge in [0, 0.05) is 33.6 Å². The highest BCUT2D eigenvalue weighted by molar-refractivity contribution is 7.99. The first-order valence-corrected chi connectivity index (χ1v) is 10.9. The van der Waals surface area contributed by atoms with Gasteiger partial charge >= 0.3 is 6.03 Å². The van der Waals surface area contributed by atoms with Gasteiger partial charge in [0.15, 0.2) is 11.5 Å². The second-order valence-electron chi connectivity index (χ2n) is 7.08. The van der Waals surface area contributed by atoms with E-state index in [4.69, 9.17) is 9.47 Å². The summed E-state index contributed by atoms with van der Waals surface area (Å²) < 4.78 is 12.4. The van der Waals surface area contributed by atoms with Crippen molar-refractivity contribution in [1.29, 1.82) is 0 Å². The van der Waals surface area contributed by atoms with Crippen molar-refractivity contribution in [3.63, 3.8) is 0 Å². The Morgan fingerprint density at radius 2 is 1.84 bits per heavy atom. The van der Waals surface area contributed by atoms with Crippen molar-refractivity contribution in [3.8, 4) is 11.5 Å². The van der Waals surface area contributed by atoms with Crippen LogP contribution in [0.1, 0.15) is 18.2 Å². The first kappa shape index (κ1) is 20.1. The highest BCUT2D eigenvalue weighted by atomic mass is 32.2. The van der Waals surface area contributed by atoms with Gasteiger partial charge in [-0.15, -0.1) is 0 Å². The monoisotopic (exact) mass is 448 g/mol. The number of hydrogen-bond donors (Lipinski definition) is 2. The Kier molecular flexibility index (Phi) is 5.28. The van der Waals surface area contributed by atoms with Gasteiger partial charge in [0.05, 0.1) is 0 Å². The van der Waals surface area contributed by atoms with Crippen LogP contribution in [-0.4, -0.2) is 32.4 Å². The molecule has 4 aromatic rings.